The smallest absolute Gasteiger partial charge is 0.126 e. The number of halogens is 2. The molecule has 1 saturated carbocycles. The maximum absolute atomic E-state index is 13.0. The van der Waals surface area contributed by atoms with Crippen LogP contribution in [0.2, 0.25) is 0 Å². The van der Waals surface area contributed by atoms with Crippen LogP contribution < -0.4 is 5.32 Å². The molecule has 118 valence electrons. The fraction of sp³-hybridized carbons (Fsp3) is 0.647. The van der Waals surface area contributed by atoms with Gasteiger partial charge in [0.2, 0.25) is 0 Å². The van der Waals surface area contributed by atoms with Crippen LogP contribution in [-0.4, -0.2) is 31.1 Å². The van der Waals surface area contributed by atoms with Crippen LogP contribution >= 0.6 is 0 Å². The van der Waals surface area contributed by atoms with E-state index in [0.29, 0.717) is 12.1 Å². The molecule has 1 aromatic carbocycles. The summed E-state index contributed by atoms with van der Waals surface area (Å²) in [5, 5.41) is 3.25. The van der Waals surface area contributed by atoms with Gasteiger partial charge in [-0.2, -0.15) is 0 Å². The predicted molar refractivity (Wildman–Crippen MR) is 82.2 cm³/mol. The maximum atomic E-state index is 13.0. The van der Waals surface area contributed by atoms with E-state index in [1.807, 2.05) is 0 Å². The second-order valence-electron chi connectivity index (χ2n) is 6.08. The van der Waals surface area contributed by atoms with Crippen LogP contribution in [0, 0.1) is 11.6 Å². The maximum Gasteiger partial charge on any atom is 0.126 e. The largest absolute Gasteiger partial charge is 0.313 e. The summed E-state index contributed by atoms with van der Waals surface area (Å²) in [5.74, 6) is -1.02. The molecule has 0 saturated heterocycles. The monoisotopic (exact) mass is 296 g/mol. The molecule has 1 aromatic rings. The van der Waals surface area contributed by atoms with E-state index in [0.717, 1.165) is 31.6 Å². The van der Waals surface area contributed by atoms with Crippen molar-refractivity contribution in [1.82, 2.24) is 10.2 Å². The molecule has 1 aliphatic rings. The Hall–Kier alpha value is -1.00. The first-order chi connectivity index (χ1) is 10.1. The molecule has 0 amide bonds. The first kappa shape index (κ1) is 16.4. The van der Waals surface area contributed by atoms with E-state index in [2.05, 4.69) is 17.3 Å². The molecule has 1 fully saturated rings. The van der Waals surface area contributed by atoms with Gasteiger partial charge in [0, 0.05) is 18.7 Å². The third-order valence-corrected chi connectivity index (χ3v) is 4.31. The minimum Gasteiger partial charge on any atom is -0.313 e. The van der Waals surface area contributed by atoms with Crippen LogP contribution in [0.1, 0.15) is 44.1 Å². The number of nitrogens with zero attached hydrogens (tertiary/aromatic N) is 1. The lowest BCUT2D eigenvalue weighted by molar-refractivity contribution is 0.189. The van der Waals surface area contributed by atoms with Crippen molar-refractivity contribution in [3.63, 3.8) is 0 Å². The lowest BCUT2D eigenvalue weighted by Gasteiger charge is -2.31. The Balaban J connectivity index is 1.61. The summed E-state index contributed by atoms with van der Waals surface area (Å²) in [6.45, 7) is 2.46. The molecular formula is C17H26F2N2. The van der Waals surface area contributed by atoms with Crippen molar-refractivity contribution in [2.75, 3.05) is 20.1 Å². The topological polar surface area (TPSA) is 15.3 Å². The van der Waals surface area contributed by atoms with E-state index in [-0.39, 0.29) is 0 Å². The molecule has 0 heterocycles. The van der Waals surface area contributed by atoms with E-state index in [9.17, 15) is 8.78 Å². The van der Waals surface area contributed by atoms with Gasteiger partial charge in [-0.25, -0.2) is 8.78 Å². The third-order valence-electron chi connectivity index (χ3n) is 4.31. The van der Waals surface area contributed by atoms with Crippen molar-refractivity contribution in [3.05, 3.63) is 35.4 Å². The van der Waals surface area contributed by atoms with Crippen molar-refractivity contribution in [2.45, 2.75) is 51.1 Å². The quantitative estimate of drug-likeness (QED) is 0.772. The third kappa shape index (κ3) is 5.71. The predicted octanol–water partition coefficient (Wildman–Crippen LogP) is 3.71. The second kappa shape index (κ2) is 8.44. The Bertz CT molecular complexity index is 411. The highest BCUT2D eigenvalue weighted by Crippen LogP contribution is 2.21. The van der Waals surface area contributed by atoms with Crippen LogP contribution in [0.4, 0.5) is 8.78 Å². The molecule has 0 bridgehead atoms. The van der Waals surface area contributed by atoms with Crippen molar-refractivity contribution >= 4 is 0 Å². The van der Waals surface area contributed by atoms with Crippen molar-refractivity contribution in [2.24, 2.45) is 0 Å². The summed E-state index contributed by atoms with van der Waals surface area (Å²) in [5.41, 5.74) is 0.660. The Labute approximate surface area is 126 Å². The van der Waals surface area contributed by atoms with E-state index < -0.39 is 11.6 Å². The minimum atomic E-state index is -0.510. The molecule has 21 heavy (non-hydrogen) atoms. The highest BCUT2D eigenvalue weighted by atomic mass is 19.1. The van der Waals surface area contributed by atoms with Gasteiger partial charge in [0.25, 0.3) is 0 Å². The van der Waals surface area contributed by atoms with Crippen LogP contribution in [-0.2, 0) is 6.54 Å². The van der Waals surface area contributed by atoms with Crippen molar-refractivity contribution in [1.29, 1.82) is 0 Å². The normalized spacial score (nSPS) is 16.6. The zero-order valence-electron chi connectivity index (χ0n) is 12.9. The van der Waals surface area contributed by atoms with Gasteiger partial charge in [-0.3, -0.25) is 0 Å². The molecule has 0 aliphatic heterocycles. The van der Waals surface area contributed by atoms with Crippen LogP contribution in [0.5, 0.6) is 0 Å². The van der Waals surface area contributed by atoms with Crippen LogP contribution in [0.15, 0.2) is 18.2 Å². The van der Waals surface area contributed by atoms with Gasteiger partial charge in [-0.05, 0) is 57.1 Å². The number of rotatable bonds is 7. The fourth-order valence-corrected chi connectivity index (χ4v) is 3.10. The molecule has 0 aromatic heterocycles. The highest BCUT2D eigenvalue weighted by Gasteiger charge is 2.17. The number of benzene rings is 1. The standard InChI is InChI=1S/C17H26F2N2/c1-21(17-6-3-2-4-7-17)9-5-8-20-13-14-10-15(18)12-16(19)11-14/h10-12,17,20H,2-9,13H2,1H3. The molecule has 0 spiro atoms. The van der Waals surface area contributed by atoms with Gasteiger partial charge in [0.1, 0.15) is 11.6 Å². The second-order valence-corrected chi connectivity index (χ2v) is 6.08. The molecular weight excluding hydrogens is 270 g/mol. The zero-order chi connectivity index (χ0) is 15.1. The SMILES string of the molecule is CN(CCCNCc1cc(F)cc(F)c1)C1CCCCC1. The number of hydrogen-bond donors (Lipinski definition) is 1. The molecule has 1 aliphatic carbocycles. The molecule has 4 heteroatoms. The average Bonchev–Trinajstić information content (AvgIpc) is 2.46. The molecule has 1 N–H and O–H groups in total. The average molecular weight is 296 g/mol. The number of nitrogens with one attached hydrogen (secondary N) is 1. The molecule has 0 unspecified atom stereocenters. The van der Waals surface area contributed by atoms with Gasteiger partial charge in [-0.1, -0.05) is 19.3 Å². The highest BCUT2D eigenvalue weighted by molar-refractivity contribution is 5.17. The van der Waals surface area contributed by atoms with Gasteiger partial charge in [0.15, 0.2) is 0 Å². The summed E-state index contributed by atoms with van der Waals surface area (Å²) in [4.78, 5) is 2.46. The summed E-state index contributed by atoms with van der Waals surface area (Å²) in [6.07, 6.45) is 7.82. The first-order valence-electron chi connectivity index (χ1n) is 8.01. The van der Waals surface area contributed by atoms with E-state index in [1.54, 1.807) is 0 Å². The van der Waals surface area contributed by atoms with Crippen LogP contribution in [0.25, 0.3) is 0 Å². The Morgan fingerprint density at radius 3 is 2.43 bits per heavy atom. The molecule has 2 nitrogen and oxygen atoms in total. The Kier molecular flexibility index (Phi) is 6.58. The fourth-order valence-electron chi connectivity index (χ4n) is 3.10. The molecule has 0 atom stereocenters. The Morgan fingerprint density at radius 2 is 1.76 bits per heavy atom. The van der Waals surface area contributed by atoms with E-state index >= 15 is 0 Å². The lowest BCUT2D eigenvalue weighted by atomic mass is 9.94. The number of hydrogen-bond acceptors (Lipinski definition) is 2. The zero-order valence-corrected chi connectivity index (χ0v) is 12.9. The van der Waals surface area contributed by atoms with Gasteiger partial charge < -0.3 is 10.2 Å². The minimum absolute atomic E-state index is 0.510. The summed E-state index contributed by atoms with van der Waals surface area (Å²) in [7, 11) is 2.21. The summed E-state index contributed by atoms with van der Waals surface area (Å²) in [6, 6.07) is 4.41. The van der Waals surface area contributed by atoms with Crippen LogP contribution in [0.3, 0.4) is 0 Å². The molecule has 0 radical (unpaired) electrons. The summed E-state index contributed by atoms with van der Waals surface area (Å²) >= 11 is 0. The summed E-state index contributed by atoms with van der Waals surface area (Å²) < 4.78 is 26.1. The van der Waals surface area contributed by atoms with E-state index in [4.69, 9.17) is 0 Å². The van der Waals surface area contributed by atoms with E-state index in [1.165, 1.54) is 44.2 Å². The first-order valence-corrected chi connectivity index (χ1v) is 8.01. The lowest BCUT2D eigenvalue weighted by Crippen LogP contribution is -2.35. The molecule has 2 rings (SSSR count). The Morgan fingerprint density at radius 1 is 1.10 bits per heavy atom. The van der Waals surface area contributed by atoms with Crippen molar-refractivity contribution < 1.29 is 8.78 Å². The van der Waals surface area contributed by atoms with Crippen molar-refractivity contribution in [3.8, 4) is 0 Å². The van der Waals surface area contributed by atoms with Gasteiger partial charge in [0.05, 0.1) is 0 Å². The van der Waals surface area contributed by atoms with Gasteiger partial charge in [-0.15, -0.1) is 0 Å². The van der Waals surface area contributed by atoms with Gasteiger partial charge >= 0.3 is 0 Å².